The molecule has 4 N–H and O–H groups in total. The number of anilines is 1. The fourth-order valence-electron chi connectivity index (χ4n) is 2.82. The van der Waals surface area contributed by atoms with Gasteiger partial charge in [0.2, 0.25) is 0 Å². The van der Waals surface area contributed by atoms with Crippen molar-refractivity contribution >= 4 is 42.5 Å². The molecule has 31 heavy (non-hydrogen) atoms. The highest BCUT2D eigenvalue weighted by Gasteiger charge is 2.52. The predicted octanol–water partition coefficient (Wildman–Crippen LogP) is 4.16. The summed E-state index contributed by atoms with van der Waals surface area (Å²) in [5.41, 5.74) is 5.00. The summed E-state index contributed by atoms with van der Waals surface area (Å²) in [6, 6.07) is 2.83. The number of alkyl carbamates (subject to hydrolysis) is 1. The first kappa shape index (κ1) is 25.0. The van der Waals surface area contributed by atoms with E-state index in [9.17, 15) is 14.7 Å². The van der Waals surface area contributed by atoms with Crippen molar-refractivity contribution in [2.45, 2.75) is 65.3 Å². The predicted molar refractivity (Wildman–Crippen MR) is 121 cm³/mol. The van der Waals surface area contributed by atoms with Gasteiger partial charge in [0.1, 0.15) is 5.60 Å². The van der Waals surface area contributed by atoms with Crippen LogP contribution in [0.3, 0.4) is 0 Å². The Balaban J connectivity index is 2.44. The van der Waals surface area contributed by atoms with E-state index in [1.165, 1.54) is 6.07 Å². The quantitative estimate of drug-likeness (QED) is 0.453. The van der Waals surface area contributed by atoms with Gasteiger partial charge in [-0.15, -0.1) is 0 Å². The van der Waals surface area contributed by atoms with E-state index in [-0.39, 0.29) is 22.8 Å². The maximum absolute atomic E-state index is 12.2. The van der Waals surface area contributed by atoms with Gasteiger partial charge in [-0.1, -0.05) is 17.7 Å². The molecule has 1 fully saturated rings. The summed E-state index contributed by atoms with van der Waals surface area (Å²) in [5, 5.41) is 12.3. The zero-order valence-corrected chi connectivity index (χ0v) is 19.7. The molecule has 1 aliphatic rings. The highest BCUT2D eigenvalue weighted by molar-refractivity contribution is 6.56. The van der Waals surface area contributed by atoms with Crippen molar-refractivity contribution in [3.05, 3.63) is 33.8 Å². The molecule has 0 spiro atoms. The van der Waals surface area contributed by atoms with Crippen LogP contribution in [0.2, 0.25) is 5.02 Å². The summed E-state index contributed by atoms with van der Waals surface area (Å²) in [7, 11) is -0.799. The minimum atomic E-state index is -1.20. The minimum absolute atomic E-state index is 0.0279. The SMILES string of the molecule is CC(C)(C)OC(=O)NCC(=Cc1cc(Cl)cc(C(=O)O)c1N)B1OC(C)(C)C(C)(C)O1. The van der Waals surface area contributed by atoms with E-state index in [0.29, 0.717) is 11.0 Å². The van der Waals surface area contributed by atoms with Crippen LogP contribution in [0.5, 0.6) is 0 Å². The first-order valence-corrected chi connectivity index (χ1v) is 10.3. The maximum Gasteiger partial charge on any atom is 0.492 e. The molecule has 0 aromatic heterocycles. The molecular weight excluding hydrogens is 423 g/mol. The van der Waals surface area contributed by atoms with Crippen LogP contribution < -0.4 is 11.1 Å². The molecule has 2 rings (SSSR count). The highest BCUT2D eigenvalue weighted by Crippen LogP contribution is 2.39. The van der Waals surface area contributed by atoms with E-state index in [2.05, 4.69) is 5.32 Å². The van der Waals surface area contributed by atoms with Crippen molar-refractivity contribution in [1.82, 2.24) is 5.32 Å². The lowest BCUT2D eigenvalue weighted by atomic mass is 9.76. The molecule has 1 aromatic carbocycles. The van der Waals surface area contributed by atoms with Crippen LogP contribution >= 0.6 is 11.6 Å². The molecule has 1 heterocycles. The molecule has 0 atom stereocenters. The number of amides is 1. The van der Waals surface area contributed by atoms with E-state index in [0.717, 1.165) is 0 Å². The standard InChI is InChI=1S/C21H30BClN2O6/c1-19(2,3)29-18(28)25-11-13(22-30-20(4,5)21(6,7)31-22)8-12-9-14(23)10-15(16(12)24)17(26)27/h8-10H,11,24H2,1-7H3,(H,25,28)(H,26,27). The van der Waals surface area contributed by atoms with Crippen LogP contribution in [0.4, 0.5) is 10.5 Å². The number of benzene rings is 1. The van der Waals surface area contributed by atoms with Crippen molar-refractivity contribution in [3.8, 4) is 0 Å². The lowest BCUT2D eigenvalue weighted by Crippen LogP contribution is -2.41. The largest absolute Gasteiger partial charge is 0.492 e. The highest BCUT2D eigenvalue weighted by atomic mass is 35.5. The number of nitrogens with one attached hydrogen (secondary N) is 1. The number of ether oxygens (including phenoxy) is 1. The molecule has 0 bridgehead atoms. The van der Waals surface area contributed by atoms with Gasteiger partial charge in [-0.25, -0.2) is 9.59 Å². The number of nitrogens with two attached hydrogens (primary N) is 1. The number of hydrogen-bond acceptors (Lipinski definition) is 6. The van der Waals surface area contributed by atoms with Gasteiger partial charge >= 0.3 is 19.2 Å². The number of carbonyl (C=O) groups excluding carboxylic acids is 1. The number of halogens is 1. The van der Waals surface area contributed by atoms with Crippen LogP contribution in [0.1, 0.15) is 64.4 Å². The van der Waals surface area contributed by atoms with Crippen molar-refractivity contribution in [2.24, 2.45) is 0 Å². The molecule has 1 aromatic rings. The fourth-order valence-corrected chi connectivity index (χ4v) is 3.05. The molecule has 0 aliphatic carbocycles. The van der Waals surface area contributed by atoms with Crippen molar-refractivity contribution in [2.75, 3.05) is 12.3 Å². The van der Waals surface area contributed by atoms with Gasteiger partial charge in [-0.2, -0.15) is 0 Å². The van der Waals surface area contributed by atoms with Crippen LogP contribution in [0.15, 0.2) is 17.6 Å². The molecular formula is C21H30BClN2O6. The molecule has 1 aliphatic heterocycles. The molecule has 170 valence electrons. The lowest BCUT2D eigenvalue weighted by molar-refractivity contribution is 0.00578. The van der Waals surface area contributed by atoms with E-state index in [1.54, 1.807) is 32.9 Å². The third kappa shape index (κ3) is 6.15. The molecule has 1 saturated heterocycles. The number of carboxylic acid groups (broad SMARTS) is 1. The van der Waals surface area contributed by atoms with Crippen LogP contribution in [0, 0.1) is 0 Å². The topological polar surface area (TPSA) is 120 Å². The average molecular weight is 453 g/mol. The Morgan fingerprint density at radius 1 is 1.23 bits per heavy atom. The Bertz CT molecular complexity index is 892. The number of hydrogen-bond donors (Lipinski definition) is 3. The molecule has 10 heteroatoms. The van der Waals surface area contributed by atoms with Crippen LogP contribution in [-0.4, -0.2) is 47.6 Å². The summed E-state index contributed by atoms with van der Waals surface area (Å²) in [5.74, 6) is -1.20. The van der Waals surface area contributed by atoms with Crippen molar-refractivity contribution in [3.63, 3.8) is 0 Å². The van der Waals surface area contributed by atoms with Gasteiger partial charge in [0, 0.05) is 11.6 Å². The Hall–Kier alpha value is -2.23. The molecule has 0 radical (unpaired) electrons. The third-order valence-corrected chi connectivity index (χ3v) is 5.36. The van der Waals surface area contributed by atoms with Gasteiger partial charge in [-0.05, 0) is 71.6 Å². The zero-order chi connectivity index (χ0) is 23.8. The molecule has 0 unspecified atom stereocenters. The zero-order valence-electron chi connectivity index (χ0n) is 19.0. The molecule has 8 nitrogen and oxygen atoms in total. The molecule has 0 saturated carbocycles. The second-order valence-electron chi connectivity index (χ2n) is 9.42. The number of aromatic carboxylic acids is 1. The van der Waals surface area contributed by atoms with E-state index in [4.69, 9.17) is 31.4 Å². The monoisotopic (exact) mass is 452 g/mol. The smallest absolute Gasteiger partial charge is 0.478 e. The Morgan fingerprint density at radius 3 is 2.26 bits per heavy atom. The maximum atomic E-state index is 12.2. The number of carbonyl (C=O) groups is 2. The average Bonchev–Trinajstić information content (AvgIpc) is 2.79. The van der Waals surface area contributed by atoms with Crippen molar-refractivity contribution in [1.29, 1.82) is 0 Å². The second kappa shape index (κ2) is 8.72. The van der Waals surface area contributed by atoms with Gasteiger partial charge < -0.3 is 30.2 Å². The molecule has 1 amide bonds. The summed E-state index contributed by atoms with van der Waals surface area (Å²) in [6.45, 7) is 12.9. The minimum Gasteiger partial charge on any atom is -0.478 e. The number of carboxylic acids is 1. The Kier molecular flexibility index (Phi) is 7.05. The summed E-state index contributed by atoms with van der Waals surface area (Å²) < 4.78 is 17.5. The summed E-state index contributed by atoms with van der Waals surface area (Å²) in [4.78, 5) is 23.7. The van der Waals surface area contributed by atoms with E-state index >= 15 is 0 Å². The number of rotatable bonds is 5. The fraction of sp³-hybridized carbons (Fsp3) is 0.524. The second-order valence-corrected chi connectivity index (χ2v) is 9.86. The van der Waals surface area contributed by atoms with Gasteiger partial charge in [0.05, 0.1) is 22.5 Å². The summed E-state index contributed by atoms with van der Waals surface area (Å²) in [6.07, 6.45) is 1.01. The Labute approximate surface area is 188 Å². The van der Waals surface area contributed by atoms with Gasteiger partial charge in [-0.3, -0.25) is 0 Å². The van der Waals surface area contributed by atoms with Crippen LogP contribution in [0.25, 0.3) is 6.08 Å². The van der Waals surface area contributed by atoms with Crippen LogP contribution in [-0.2, 0) is 14.0 Å². The Morgan fingerprint density at radius 2 is 1.77 bits per heavy atom. The normalized spacial score (nSPS) is 18.1. The number of nitrogen functional groups attached to an aromatic ring is 1. The first-order valence-electron chi connectivity index (χ1n) is 9.88. The third-order valence-electron chi connectivity index (χ3n) is 5.14. The van der Waals surface area contributed by atoms with Gasteiger partial charge in [0.15, 0.2) is 0 Å². The van der Waals surface area contributed by atoms with E-state index in [1.807, 2.05) is 27.7 Å². The van der Waals surface area contributed by atoms with E-state index < -0.39 is 36.0 Å². The first-order chi connectivity index (χ1) is 14.0. The summed E-state index contributed by atoms with van der Waals surface area (Å²) >= 11 is 6.10. The lowest BCUT2D eigenvalue weighted by Gasteiger charge is -2.32. The van der Waals surface area contributed by atoms with Gasteiger partial charge in [0.25, 0.3) is 0 Å². The van der Waals surface area contributed by atoms with Crippen molar-refractivity contribution < 1.29 is 28.7 Å².